The van der Waals surface area contributed by atoms with Crippen molar-refractivity contribution in [1.82, 2.24) is 25.2 Å². The summed E-state index contributed by atoms with van der Waals surface area (Å²) in [6.45, 7) is 0. The Morgan fingerprint density at radius 1 is 1.36 bits per heavy atom. The summed E-state index contributed by atoms with van der Waals surface area (Å²) in [4.78, 5) is 5.45. The van der Waals surface area contributed by atoms with Crippen molar-refractivity contribution in [2.24, 2.45) is 7.05 Å². The number of nitrogens with zero attached hydrogens (tertiary/aromatic N) is 5. The van der Waals surface area contributed by atoms with Crippen LogP contribution in [0, 0.1) is 0 Å². The van der Waals surface area contributed by atoms with Gasteiger partial charge in [0.15, 0.2) is 0 Å². The summed E-state index contributed by atoms with van der Waals surface area (Å²) in [7, 11) is 3.29. The van der Waals surface area contributed by atoms with E-state index < -0.39 is 0 Å². The zero-order valence-corrected chi connectivity index (χ0v) is 7.88. The molecule has 0 fully saturated rings. The fourth-order valence-electron chi connectivity index (χ4n) is 1.03. The quantitative estimate of drug-likeness (QED) is 0.682. The van der Waals surface area contributed by atoms with Crippen molar-refractivity contribution in [3.8, 4) is 17.3 Å². The summed E-state index contributed by atoms with van der Waals surface area (Å²) in [5, 5.41) is 11.6. The molecule has 0 spiro atoms. The molecule has 72 valence electrons. The highest BCUT2D eigenvalue weighted by Gasteiger charge is 2.04. The van der Waals surface area contributed by atoms with Crippen LogP contribution in [-0.2, 0) is 7.05 Å². The summed E-state index contributed by atoms with van der Waals surface area (Å²) in [6, 6.07) is 3.59. The van der Waals surface area contributed by atoms with Crippen molar-refractivity contribution in [2.45, 2.75) is 0 Å². The molecule has 0 aliphatic rings. The zero-order chi connectivity index (χ0) is 9.97. The predicted octanol–water partition coefficient (Wildman–Crippen LogP) is 0.281. The van der Waals surface area contributed by atoms with Crippen molar-refractivity contribution in [3.05, 3.63) is 18.3 Å². The first kappa shape index (κ1) is 8.61. The number of tetrazole rings is 1. The van der Waals surface area contributed by atoms with E-state index in [0.717, 1.165) is 5.56 Å². The molecule has 14 heavy (non-hydrogen) atoms. The Morgan fingerprint density at radius 3 is 2.71 bits per heavy atom. The smallest absolute Gasteiger partial charge is 0.212 e. The Hall–Kier alpha value is -1.98. The van der Waals surface area contributed by atoms with Gasteiger partial charge >= 0.3 is 0 Å². The highest BCUT2D eigenvalue weighted by molar-refractivity contribution is 5.52. The lowest BCUT2D eigenvalue weighted by Gasteiger charge is -1.97. The lowest BCUT2D eigenvalue weighted by atomic mass is 10.3. The molecule has 0 N–H and O–H groups in total. The van der Waals surface area contributed by atoms with Crippen LogP contribution < -0.4 is 4.74 Å². The van der Waals surface area contributed by atoms with Crippen molar-refractivity contribution < 1.29 is 4.74 Å². The number of pyridine rings is 1. The van der Waals surface area contributed by atoms with Gasteiger partial charge in [-0.05, 0) is 11.3 Å². The number of aromatic nitrogens is 5. The predicted molar refractivity (Wildman–Crippen MR) is 48.6 cm³/mol. The average molecular weight is 191 g/mol. The molecular formula is C8H9N5O. The zero-order valence-electron chi connectivity index (χ0n) is 7.88. The minimum Gasteiger partial charge on any atom is -0.481 e. The standard InChI is InChI=1S/C8H9N5O/c1-13-11-8(10-12-13)6-3-4-7(14-2)9-5-6/h3-5H,1-2H3. The molecule has 0 radical (unpaired) electrons. The Bertz CT molecular complexity index is 422. The first-order chi connectivity index (χ1) is 6.79. The third-order valence-corrected chi connectivity index (χ3v) is 1.71. The number of ether oxygens (including phenoxy) is 1. The van der Waals surface area contributed by atoms with Gasteiger partial charge < -0.3 is 4.74 Å². The van der Waals surface area contributed by atoms with E-state index >= 15 is 0 Å². The summed E-state index contributed by atoms with van der Waals surface area (Å²) < 4.78 is 4.94. The monoisotopic (exact) mass is 191 g/mol. The topological polar surface area (TPSA) is 65.7 Å². The lowest BCUT2D eigenvalue weighted by molar-refractivity contribution is 0.398. The normalized spacial score (nSPS) is 10.1. The maximum Gasteiger partial charge on any atom is 0.212 e. The minimum atomic E-state index is 0.558. The number of aryl methyl sites for hydroxylation is 1. The van der Waals surface area contributed by atoms with E-state index in [1.807, 2.05) is 6.07 Å². The summed E-state index contributed by atoms with van der Waals surface area (Å²) in [6.07, 6.45) is 1.65. The second-order valence-corrected chi connectivity index (χ2v) is 2.69. The Morgan fingerprint density at radius 2 is 2.21 bits per heavy atom. The number of methoxy groups -OCH3 is 1. The van der Waals surface area contributed by atoms with Gasteiger partial charge in [-0.2, -0.15) is 4.80 Å². The summed E-state index contributed by atoms with van der Waals surface area (Å²) >= 11 is 0. The van der Waals surface area contributed by atoms with Gasteiger partial charge in [-0.15, -0.1) is 10.2 Å². The van der Waals surface area contributed by atoms with E-state index in [1.165, 1.54) is 4.80 Å². The minimum absolute atomic E-state index is 0.558. The fourth-order valence-corrected chi connectivity index (χ4v) is 1.03. The summed E-state index contributed by atoms with van der Waals surface area (Å²) in [5.74, 6) is 1.13. The molecule has 0 amide bonds. The van der Waals surface area contributed by atoms with E-state index in [0.29, 0.717) is 11.7 Å². The maximum atomic E-state index is 4.94. The van der Waals surface area contributed by atoms with E-state index in [2.05, 4.69) is 20.4 Å². The first-order valence-electron chi connectivity index (χ1n) is 4.04. The number of hydrogen-bond donors (Lipinski definition) is 0. The highest BCUT2D eigenvalue weighted by Crippen LogP contribution is 2.14. The first-order valence-corrected chi connectivity index (χ1v) is 4.04. The van der Waals surface area contributed by atoms with Crippen LogP contribution in [-0.4, -0.2) is 32.3 Å². The van der Waals surface area contributed by atoms with E-state index in [9.17, 15) is 0 Å². The van der Waals surface area contributed by atoms with Gasteiger partial charge in [0, 0.05) is 17.8 Å². The number of hydrogen-bond acceptors (Lipinski definition) is 5. The van der Waals surface area contributed by atoms with Gasteiger partial charge in [-0.25, -0.2) is 4.98 Å². The van der Waals surface area contributed by atoms with Crippen molar-refractivity contribution in [3.63, 3.8) is 0 Å². The molecule has 0 aromatic carbocycles. The van der Waals surface area contributed by atoms with Crippen LogP contribution in [0.3, 0.4) is 0 Å². The molecular weight excluding hydrogens is 182 g/mol. The van der Waals surface area contributed by atoms with Crippen LogP contribution in [0.15, 0.2) is 18.3 Å². The van der Waals surface area contributed by atoms with Gasteiger partial charge in [0.2, 0.25) is 11.7 Å². The second kappa shape index (κ2) is 3.41. The van der Waals surface area contributed by atoms with Gasteiger partial charge in [-0.1, -0.05) is 0 Å². The third kappa shape index (κ3) is 1.54. The molecule has 2 heterocycles. The fraction of sp³-hybridized carbons (Fsp3) is 0.250. The third-order valence-electron chi connectivity index (χ3n) is 1.71. The van der Waals surface area contributed by atoms with E-state index in [4.69, 9.17) is 4.74 Å². The molecule has 0 unspecified atom stereocenters. The Kier molecular flexibility index (Phi) is 2.10. The Balaban J connectivity index is 2.33. The molecule has 0 saturated heterocycles. The number of rotatable bonds is 2. The van der Waals surface area contributed by atoms with Crippen molar-refractivity contribution in [2.75, 3.05) is 7.11 Å². The van der Waals surface area contributed by atoms with Gasteiger partial charge in [0.05, 0.1) is 14.2 Å². The van der Waals surface area contributed by atoms with Gasteiger partial charge in [0.25, 0.3) is 0 Å². The maximum absolute atomic E-state index is 4.94. The van der Waals surface area contributed by atoms with Gasteiger partial charge in [-0.3, -0.25) is 0 Å². The molecule has 0 aliphatic heterocycles. The molecule has 6 heteroatoms. The molecule has 2 rings (SSSR count). The molecule has 0 bridgehead atoms. The molecule has 0 aliphatic carbocycles. The average Bonchev–Trinajstić information content (AvgIpc) is 2.65. The largest absolute Gasteiger partial charge is 0.481 e. The van der Waals surface area contributed by atoms with Gasteiger partial charge in [0.1, 0.15) is 0 Å². The molecule has 0 saturated carbocycles. The molecule has 6 nitrogen and oxygen atoms in total. The molecule has 0 atom stereocenters. The molecule has 2 aromatic rings. The second-order valence-electron chi connectivity index (χ2n) is 2.69. The van der Waals surface area contributed by atoms with Crippen molar-refractivity contribution in [1.29, 1.82) is 0 Å². The Labute approximate surface area is 80.5 Å². The van der Waals surface area contributed by atoms with E-state index in [1.54, 1.807) is 26.4 Å². The van der Waals surface area contributed by atoms with E-state index in [-0.39, 0.29) is 0 Å². The van der Waals surface area contributed by atoms with Crippen LogP contribution in [0.2, 0.25) is 0 Å². The summed E-state index contributed by atoms with van der Waals surface area (Å²) in [5.41, 5.74) is 0.818. The van der Waals surface area contributed by atoms with Crippen LogP contribution >= 0.6 is 0 Å². The highest BCUT2D eigenvalue weighted by atomic mass is 16.5. The van der Waals surface area contributed by atoms with Crippen LogP contribution in [0.25, 0.3) is 11.4 Å². The van der Waals surface area contributed by atoms with Crippen LogP contribution in [0.5, 0.6) is 5.88 Å². The van der Waals surface area contributed by atoms with Crippen molar-refractivity contribution >= 4 is 0 Å². The molecule has 2 aromatic heterocycles. The van der Waals surface area contributed by atoms with Crippen LogP contribution in [0.1, 0.15) is 0 Å². The van der Waals surface area contributed by atoms with Crippen LogP contribution in [0.4, 0.5) is 0 Å². The SMILES string of the molecule is COc1ccc(-c2nnn(C)n2)cn1. The lowest BCUT2D eigenvalue weighted by Crippen LogP contribution is -1.92.